The Labute approximate surface area is 114 Å². The molecule has 0 amide bonds. The average molecular weight is 259 g/mol. The van der Waals surface area contributed by atoms with E-state index in [0.717, 1.165) is 24.4 Å². The molecule has 102 valence electrons. The van der Waals surface area contributed by atoms with Crippen molar-refractivity contribution in [1.29, 1.82) is 0 Å². The fourth-order valence-electron chi connectivity index (χ4n) is 2.17. The van der Waals surface area contributed by atoms with Crippen LogP contribution in [0.4, 0.5) is 5.69 Å². The van der Waals surface area contributed by atoms with Crippen molar-refractivity contribution in [3.8, 4) is 5.75 Å². The SMILES string of the molecule is CCC(Nc1cnn(CC)c1)c1ccccc1OC. The number of methoxy groups -OCH3 is 1. The van der Waals surface area contributed by atoms with Gasteiger partial charge in [-0.2, -0.15) is 5.10 Å². The number of hydrogen-bond acceptors (Lipinski definition) is 3. The number of benzene rings is 1. The molecule has 2 rings (SSSR count). The van der Waals surface area contributed by atoms with Crippen LogP contribution in [0.5, 0.6) is 5.75 Å². The van der Waals surface area contributed by atoms with Gasteiger partial charge in [-0.1, -0.05) is 25.1 Å². The van der Waals surface area contributed by atoms with Crippen molar-refractivity contribution >= 4 is 5.69 Å². The van der Waals surface area contributed by atoms with Gasteiger partial charge >= 0.3 is 0 Å². The zero-order valence-corrected chi connectivity index (χ0v) is 11.8. The molecule has 1 atom stereocenters. The van der Waals surface area contributed by atoms with E-state index >= 15 is 0 Å². The Morgan fingerprint density at radius 2 is 2.11 bits per heavy atom. The summed E-state index contributed by atoms with van der Waals surface area (Å²) in [6.07, 6.45) is 4.87. The van der Waals surface area contributed by atoms with Crippen molar-refractivity contribution in [3.05, 3.63) is 42.2 Å². The summed E-state index contributed by atoms with van der Waals surface area (Å²) in [5, 5.41) is 7.79. The molecule has 4 heteroatoms. The number of nitrogens with zero attached hydrogens (tertiary/aromatic N) is 2. The van der Waals surface area contributed by atoms with Crippen LogP contribution in [0.15, 0.2) is 36.7 Å². The third-order valence-corrected chi connectivity index (χ3v) is 3.22. The maximum Gasteiger partial charge on any atom is 0.124 e. The first-order valence-corrected chi connectivity index (χ1v) is 6.70. The van der Waals surface area contributed by atoms with Crippen LogP contribution in [0, 0.1) is 0 Å². The second kappa shape index (κ2) is 6.27. The summed E-state index contributed by atoms with van der Waals surface area (Å²) >= 11 is 0. The van der Waals surface area contributed by atoms with Gasteiger partial charge in [-0.25, -0.2) is 0 Å². The Hall–Kier alpha value is -1.97. The van der Waals surface area contributed by atoms with Gasteiger partial charge < -0.3 is 10.1 Å². The molecule has 0 fully saturated rings. The third-order valence-electron chi connectivity index (χ3n) is 3.22. The molecule has 0 saturated heterocycles. The molecule has 1 unspecified atom stereocenters. The van der Waals surface area contributed by atoms with Crippen molar-refractivity contribution in [3.63, 3.8) is 0 Å². The van der Waals surface area contributed by atoms with Crippen molar-refractivity contribution in [2.24, 2.45) is 0 Å². The second-order valence-corrected chi connectivity index (χ2v) is 4.43. The minimum absolute atomic E-state index is 0.227. The van der Waals surface area contributed by atoms with E-state index in [1.807, 2.05) is 35.3 Å². The maximum absolute atomic E-state index is 5.43. The highest BCUT2D eigenvalue weighted by Crippen LogP contribution is 2.29. The zero-order valence-electron chi connectivity index (χ0n) is 11.8. The minimum atomic E-state index is 0.227. The van der Waals surface area contributed by atoms with E-state index < -0.39 is 0 Å². The Morgan fingerprint density at radius 3 is 2.74 bits per heavy atom. The van der Waals surface area contributed by atoms with Crippen molar-refractivity contribution in [2.75, 3.05) is 12.4 Å². The summed E-state index contributed by atoms with van der Waals surface area (Å²) in [7, 11) is 1.71. The zero-order chi connectivity index (χ0) is 13.7. The van der Waals surface area contributed by atoms with Gasteiger partial charge in [0.2, 0.25) is 0 Å². The molecule has 2 aromatic rings. The second-order valence-electron chi connectivity index (χ2n) is 4.43. The fraction of sp³-hybridized carbons (Fsp3) is 0.400. The van der Waals surface area contributed by atoms with Gasteiger partial charge in [-0.05, 0) is 19.4 Å². The van der Waals surface area contributed by atoms with Crippen LogP contribution in [0.3, 0.4) is 0 Å². The van der Waals surface area contributed by atoms with Crippen LogP contribution in [-0.4, -0.2) is 16.9 Å². The number of rotatable bonds is 6. The molecule has 0 aliphatic rings. The van der Waals surface area contributed by atoms with Crippen LogP contribution >= 0.6 is 0 Å². The first-order chi connectivity index (χ1) is 9.28. The first-order valence-electron chi connectivity index (χ1n) is 6.70. The van der Waals surface area contributed by atoms with E-state index in [2.05, 4.69) is 30.3 Å². The average Bonchev–Trinajstić information content (AvgIpc) is 2.92. The Balaban J connectivity index is 2.19. The van der Waals surface area contributed by atoms with Crippen molar-refractivity contribution in [2.45, 2.75) is 32.9 Å². The molecule has 0 spiro atoms. The van der Waals surface area contributed by atoms with E-state index in [4.69, 9.17) is 4.74 Å². The Bertz CT molecular complexity index is 522. The number of ether oxygens (including phenoxy) is 1. The molecule has 0 saturated carbocycles. The van der Waals surface area contributed by atoms with Gasteiger partial charge in [0.15, 0.2) is 0 Å². The normalized spacial score (nSPS) is 12.2. The molecule has 0 bridgehead atoms. The van der Waals surface area contributed by atoms with Gasteiger partial charge in [0, 0.05) is 18.3 Å². The lowest BCUT2D eigenvalue weighted by atomic mass is 10.0. The summed E-state index contributed by atoms with van der Waals surface area (Å²) in [5.41, 5.74) is 2.22. The summed E-state index contributed by atoms with van der Waals surface area (Å²) in [6, 6.07) is 8.35. The summed E-state index contributed by atoms with van der Waals surface area (Å²) in [4.78, 5) is 0. The lowest BCUT2D eigenvalue weighted by Gasteiger charge is -2.19. The standard InChI is InChI=1S/C15H21N3O/c1-4-14(13-8-6-7-9-15(13)19-3)17-12-10-16-18(5-2)11-12/h6-11,14,17H,4-5H2,1-3H3. The highest BCUT2D eigenvalue weighted by molar-refractivity contribution is 5.45. The Kier molecular flexibility index (Phi) is 4.44. The number of para-hydroxylation sites is 1. The fourth-order valence-corrected chi connectivity index (χ4v) is 2.17. The van der Waals surface area contributed by atoms with Crippen LogP contribution < -0.4 is 10.1 Å². The highest BCUT2D eigenvalue weighted by Gasteiger charge is 2.14. The van der Waals surface area contributed by atoms with Gasteiger partial charge in [-0.15, -0.1) is 0 Å². The summed E-state index contributed by atoms with van der Waals surface area (Å²) in [5.74, 6) is 0.921. The van der Waals surface area contributed by atoms with Gasteiger partial charge in [-0.3, -0.25) is 4.68 Å². The third kappa shape index (κ3) is 3.08. The molecule has 4 nitrogen and oxygen atoms in total. The van der Waals surface area contributed by atoms with Crippen LogP contribution in [0.2, 0.25) is 0 Å². The molecular weight excluding hydrogens is 238 g/mol. The summed E-state index contributed by atoms with van der Waals surface area (Å²) in [6.45, 7) is 5.12. The molecule has 0 radical (unpaired) electrons. The number of aromatic nitrogens is 2. The minimum Gasteiger partial charge on any atom is -0.496 e. The molecule has 0 aliphatic heterocycles. The molecular formula is C15H21N3O. The van der Waals surface area contributed by atoms with E-state index in [1.54, 1.807) is 7.11 Å². The molecule has 0 aliphatic carbocycles. The number of nitrogens with one attached hydrogen (secondary N) is 1. The molecule has 1 heterocycles. The highest BCUT2D eigenvalue weighted by atomic mass is 16.5. The van der Waals surface area contributed by atoms with Gasteiger partial charge in [0.05, 0.1) is 25.0 Å². The monoisotopic (exact) mass is 259 g/mol. The van der Waals surface area contributed by atoms with Crippen molar-refractivity contribution < 1.29 is 4.74 Å². The largest absolute Gasteiger partial charge is 0.496 e. The first kappa shape index (κ1) is 13.5. The van der Waals surface area contributed by atoms with E-state index in [9.17, 15) is 0 Å². The molecule has 1 aromatic heterocycles. The number of hydrogen-bond donors (Lipinski definition) is 1. The van der Waals surface area contributed by atoms with Crippen LogP contribution in [0.25, 0.3) is 0 Å². The van der Waals surface area contributed by atoms with Gasteiger partial charge in [0.1, 0.15) is 5.75 Å². The quantitative estimate of drug-likeness (QED) is 0.863. The maximum atomic E-state index is 5.43. The van der Waals surface area contributed by atoms with Crippen molar-refractivity contribution in [1.82, 2.24) is 9.78 Å². The smallest absolute Gasteiger partial charge is 0.124 e. The predicted octanol–water partition coefficient (Wildman–Crippen LogP) is 3.47. The predicted molar refractivity (Wildman–Crippen MR) is 77.5 cm³/mol. The molecule has 1 N–H and O–H groups in total. The topological polar surface area (TPSA) is 39.1 Å². The lowest BCUT2D eigenvalue weighted by Crippen LogP contribution is -2.10. The van der Waals surface area contributed by atoms with E-state index in [-0.39, 0.29) is 6.04 Å². The van der Waals surface area contributed by atoms with Gasteiger partial charge in [0.25, 0.3) is 0 Å². The molecule has 19 heavy (non-hydrogen) atoms. The van der Waals surface area contributed by atoms with E-state index in [1.165, 1.54) is 5.56 Å². The summed E-state index contributed by atoms with van der Waals surface area (Å²) < 4.78 is 7.35. The van der Waals surface area contributed by atoms with E-state index in [0.29, 0.717) is 0 Å². The number of anilines is 1. The lowest BCUT2D eigenvalue weighted by molar-refractivity contribution is 0.406. The number of aryl methyl sites for hydroxylation is 1. The Morgan fingerprint density at radius 1 is 1.32 bits per heavy atom. The molecule has 1 aromatic carbocycles. The van der Waals surface area contributed by atoms with Crippen LogP contribution in [-0.2, 0) is 6.54 Å². The van der Waals surface area contributed by atoms with Crippen LogP contribution in [0.1, 0.15) is 31.9 Å².